The molecule has 1 aromatic rings. The molecule has 0 saturated heterocycles. The first-order valence-corrected chi connectivity index (χ1v) is 8.22. The Hall–Kier alpha value is -1.10. The van der Waals surface area contributed by atoms with E-state index in [1.165, 1.54) is 0 Å². The third-order valence-electron chi connectivity index (χ3n) is 4.46. The van der Waals surface area contributed by atoms with Crippen LogP contribution in [0.25, 0.3) is 0 Å². The van der Waals surface area contributed by atoms with Crippen molar-refractivity contribution in [3.05, 3.63) is 34.9 Å². The molecule has 1 fully saturated rings. The summed E-state index contributed by atoms with van der Waals surface area (Å²) in [4.78, 5) is 12.5. The van der Waals surface area contributed by atoms with Gasteiger partial charge in [-0.2, -0.15) is 0 Å². The van der Waals surface area contributed by atoms with Gasteiger partial charge in [0.05, 0.1) is 11.6 Å². The van der Waals surface area contributed by atoms with Crippen molar-refractivity contribution in [2.45, 2.75) is 56.7 Å². The van der Waals surface area contributed by atoms with Crippen molar-refractivity contribution in [1.82, 2.24) is 5.32 Å². The Labute approximate surface area is 137 Å². The molecule has 1 saturated carbocycles. The molecule has 3 N–H and O–H groups in total. The molecule has 0 aliphatic heterocycles. The van der Waals surface area contributed by atoms with E-state index in [9.17, 15) is 4.79 Å². The van der Waals surface area contributed by atoms with Crippen molar-refractivity contribution >= 4 is 17.5 Å². The fraction of sp³-hybridized carbons (Fsp3) is 0.588. The van der Waals surface area contributed by atoms with E-state index in [1.54, 1.807) is 7.11 Å². The van der Waals surface area contributed by atoms with Crippen LogP contribution in [0.1, 0.15) is 50.7 Å². The molecule has 0 bridgehead atoms. The van der Waals surface area contributed by atoms with Crippen molar-refractivity contribution in [3.63, 3.8) is 0 Å². The molecule has 22 heavy (non-hydrogen) atoms. The third kappa shape index (κ3) is 4.00. The molecule has 2 rings (SSSR count). The first kappa shape index (κ1) is 17.3. The lowest BCUT2D eigenvalue weighted by atomic mass is 9.81. The highest BCUT2D eigenvalue weighted by Gasteiger charge is 2.36. The maximum absolute atomic E-state index is 12.5. The number of nitrogens with one attached hydrogen (secondary N) is 1. The second-order valence-corrected chi connectivity index (χ2v) is 6.62. The Morgan fingerprint density at radius 1 is 1.27 bits per heavy atom. The van der Waals surface area contributed by atoms with Crippen LogP contribution in [-0.4, -0.2) is 24.6 Å². The molecule has 4 nitrogen and oxygen atoms in total. The first-order chi connectivity index (χ1) is 10.5. The molecule has 1 aromatic carbocycles. The number of halogens is 1. The SMILES string of the molecule is COC(c1ccc(Cl)cc1)C(C)NC(=O)C1(N)CCCCC1. The highest BCUT2D eigenvalue weighted by atomic mass is 35.5. The second kappa shape index (κ2) is 7.44. The molecule has 1 aliphatic rings. The largest absolute Gasteiger partial charge is 0.375 e. The van der Waals surface area contributed by atoms with Gasteiger partial charge in [-0.3, -0.25) is 4.79 Å². The predicted octanol–water partition coefficient (Wildman–Crippen LogP) is 3.19. The van der Waals surface area contributed by atoms with E-state index < -0.39 is 5.54 Å². The Kier molecular flexibility index (Phi) is 5.84. The van der Waals surface area contributed by atoms with Gasteiger partial charge >= 0.3 is 0 Å². The number of hydrogen-bond donors (Lipinski definition) is 2. The van der Waals surface area contributed by atoms with E-state index in [-0.39, 0.29) is 18.1 Å². The Morgan fingerprint density at radius 3 is 2.41 bits per heavy atom. The molecule has 2 unspecified atom stereocenters. The highest BCUT2D eigenvalue weighted by molar-refractivity contribution is 6.30. The van der Waals surface area contributed by atoms with Crippen LogP contribution >= 0.6 is 11.6 Å². The lowest BCUT2D eigenvalue weighted by Gasteiger charge is -2.34. The summed E-state index contributed by atoms with van der Waals surface area (Å²) in [5.41, 5.74) is 6.53. The minimum atomic E-state index is -0.731. The van der Waals surface area contributed by atoms with Gasteiger partial charge in [-0.05, 0) is 37.5 Å². The summed E-state index contributed by atoms with van der Waals surface area (Å²) in [5.74, 6) is -0.0734. The van der Waals surface area contributed by atoms with E-state index >= 15 is 0 Å². The van der Waals surface area contributed by atoms with E-state index in [0.29, 0.717) is 5.02 Å². The zero-order valence-electron chi connectivity index (χ0n) is 13.3. The van der Waals surface area contributed by atoms with E-state index in [4.69, 9.17) is 22.1 Å². The summed E-state index contributed by atoms with van der Waals surface area (Å²) >= 11 is 5.92. The Bertz CT molecular complexity index is 498. The van der Waals surface area contributed by atoms with Gasteiger partial charge in [0, 0.05) is 12.1 Å². The Balaban J connectivity index is 2.04. The molecule has 122 valence electrons. The highest BCUT2D eigenvalue weighted by Crippen LogP contribution is 2.27. The number of hydrogen-bond acceptors (Lipinski definition) is 3. The lowest BCUT2D eigenvalue weighted by molar-refractivity contribution is -0.129. The van der Waals surface area contributed by atoms with Gasteiger partial charge in [0.25, 0.3) is 0 Å². The van der Waals surface area contributed by atoms with Crippen molar-refractivity contribution in [2.75, 3.05) is 7.11 Å². The number of ether oxygens (including phenoxy) is 1. The topological polar surface area (TPSA) is 64.3 Å². The quantitative estimate of drug-likeness (QED) is 0.874. The van der Waals surface area contributed by atoms with E-state index in [0.717, 1.165) is 37.7 Å². The van der Waals surface area contributed by atoms with Gasteiger partial charge in [0.15, 0.2) is 0 Å². The molecule has 2 atom stereocenters. The van der Waals surface area contributed by atoms with Crippen molar-refractivity contribution in [3.8, 4) is 0 Å². The predicted molar refractivity (Wildman–Crippen MR) is 88.8 cm³/mol. The van der Waals surface area contributed by atoms with Crippen molar-refractivity contribution in [2.24, 2.45) is 5.73 Å². The molecule has 0 heterocycles. The fourth-order valence-corrected chi connectivity index (χ4v) is 3.24. The minimum Gasteiger partial charge on any atom is -0.375 e. The fourth-order valence-electron chi connectivity index (χ4n) is 3.12. The van der Waals surface area contributed by atoms with Gasteiger partial charge in [-0.1, -0.05) is 43.0 Å². The van der Waals surface area contributed by atoms with Crippen molar-refractivity contribution in [1.29, 1.82) is 0 Å². The number of carbonyl (C=O) groups is 1. The number of benzene rings is 1. The summed E-state index contributed by atoms with van der Waals surface area (Å²) in [5, 5.41) is 3.71. The van der Waals surface area contributed by atoms with Crippen LogP contribution in [-0.2, 0) is 9.53 Å². The monoisotopic (exact) mass is 324 g/mol. The first-order valence-electron chi connectivity index (χ1n) is 7.84. The van der Waals surface area contributed by atoms with Gasteiger partial charge in [-0.25, -0.2) is 0 Å². The van der Waals surface area contributed by atoms with Gasteiger partial charge < -0.3 is 15.8 Å². The van der Waals surface area contributed by atoms with E-state index in [1.807, 2.05) is 31.2 Å². The summed E-state index contributed by atoms with van der Waals surface area (Å²) < 4.78 is 5.56. The lowest BCUT2D eigenvalue weighted by Crippen LogP contribution is -2.57. The molecule has 1 aliphatic carbocycles. The number of carbonyl (C=O) groups excluding carboxylic acids is 1. The molecule has 0 spiro atoms. The normalized spacial score (nSPS) is 20.2. The van der Waals surface area contributed by atoms with Crippen LogP contribution in [0.15, 0.2) is 24.3 Å². The van der Waals surface area contributed by atoms with Crippen LogP contribution < -0.4 is 11.1 Å². The summed E-state index contributed by atoms with van der Waals surface area (Å²) in [6.07, 6.45) is 4.47. The van der Waals surface area contributed by atoms with Crippen LogP contribution in [0.3, 0.4) is 0 Å². The minimum absolute atomic E-state index is 0.0734. The second-order valence-electron chi connectivity index (χ2n) is 6.19. The summed E-state index contributed by atoms with van der Waals surface area (Å²) in [7, 11) is 1.64. The molecular weight excluding hydrogens is 300 g/mol. The van der Waals surface area contributed by atoms with Gasteiger partial charge in [-0.15, -0.1) is 0 Å². The smallest absolute Gasteiger partial charge is 0.240 e. The number of methoxy groups -OCH3 is 1. The zero-order valence-corrected chi connectivity index (χ0v) is 14.0. The zero-order chi connectivity index (χ0) is 16.2. The Morgan fingerprint density at radius 2 is 1.86 bits per heavy atom. The molecular formula is C17H25ClN2O2. The summed E-state index contributed by atoms with van der Waals surface area (Å²) in [6.45, 7) is 1.94. The standard InChI is InChI=1S/C17H25ClN2O2/c1-12(15(22-2)13-6-8-14(18)9-7-13)20-16(21)17(19)10-4-3-5-11-17/h6-9,12,15H,3-5,10-11,19H2,1-2H3,(H,20,21). The van der Waals surface area contributed by atoms with Crippen LogP contribution in [0, 0.1) is 0 Å². The van der Waals surface area contributed by atoms with Crippen LogP contribution in [0.5, 0.6) is 0 Å². The average Bonchev–Trinajstić information content (AvgIpc) is 2.50. The molecule has 1 amide bonds. The van der Waals surface area contributed by atoms with Crippen LogP contribution in [0.4, 0.5) is 0 Å². The van der Waals surface area contributed by atoms with E-state index in [2.05, 4.69) is 5.32 Å². The molecule has 0 aromatic heterocycles. The third-order valence-corrected chi connectivity index (χ3v) is 4.72. The number of nitrogens with two attached hydrogens (primary N) is 1. The molecule has 5 heteroatoms. The maximum Gasteiger partial charge on any atom is 0.240 e. The van der Waals surface area contributed by atoms with Crippen molar-refractivity contribution < 1.29 is 9.53 Å². The van der Waals surface area contributed by atoms with Gasteiger partial charge in [0.2, 0.25) is 5.91 Å². The summed E-state index contributed by atoms with van der Waals surface area (Å²) in [6, 6.07) is 7.31. The number of amides is 1. The number of rotatable bonds is 5. The van der Waals surface area contributed by atoms with Crippen LogP contribution in [0.2, 0.25) is 5.02 Å². The average molecular weight is 325 g/mol. The molecule has 0 radical (unpaired) electrons. The maximum atomic E-state index is 12.5. The van der Waals surface area contributed by atoms with Gasteiger partial charge in [0.1, 0.15) is 6.10 Å².